The van der Waals surface area contributed by atoms with Gasteiger partial charge in [-0.15, -0.1) is 0 Å². The number of benzene rings is 1. The van der Waals surface area contributed by atoms with Crippen LogP contribution in [0.25, 0.3) is 0 Å². The molecule has 0 saturated heterocycles. The molecule has 1 aromatic heterocycles. The molecule has 11 heteroatoms. The Balaban J connectivity index is 1.66. The summed E-state index contributed by atoms with van der Waals surface area (Å²) < 4.78 is 44.9. The van der Waals surface area contributed by atoms with E-state index in [1.807, 2.05) is 0 Å². The number of carbonyl (C=O) groups excluding carboxylic acids is 1. The number of methoxy groups -OCH3 is 1. The van der Waals surface area contributed by atoms with Gasteiger partial charge in [-0.1, -0.05) is 0 Å². The number of anilines is 1. The minimum atomic E-state index is -3.71. The molecule has 0 bridgehead atoms. The van der Waals surface area contributed by atoms with Crippen LogP contribution in [0.1, 0.15) is 42.7 Å². The number of sulfone groups is 1. The summed E-state index contributed by atoms with van der Waals surface area (Å²) in [5, 5.41) is 2.62. The predicted octanol–water partition coefficient (Wildman–Crippen LogP) is 2.05. The van der Waals surface area contributed by atoms with Crippen LogP contribution >= 0.6 is 0 Å². The van der Waals surface area contributed by atoms with Crippen molar-refractivity contribution in [2.75, 3.05) is 18.2 Å². The molecule has 0 spiro atoms. The predicted molar refractivity (Wildman–Crippen MR) is 117 cm³/mol. The summed E-state index contributed by atoms with van der Waals surface area (Å²) in [6, 6.07) is 3.90. The van der Waals surface area contributed by atoms with Crippen LogP contribution in [-0.2, 0) is 15.4 Å². The van der Waals surface area contributed by atoms with Crippen molar-refractivity contribution >= 4 is 27.3 Å². The van der Waals surface area contributed by atoms with Gasteiger partial charge in [0.15, 0.2) is 9.84 Å². The second-order valence-electron chi connectivity index (χ2n) is 8.50. The normalized spacial score (nSPS) is 26.8. The number of aromatic nitrogens is 2. The molecule has 1 aromatic carbocycles. The molecule has 170 valence electrons. The highest BCUT2D eigenvalue weighted by Crippen LogP contribution is 2.49. The summed E-state index contributed by atoms with van der Waals surface area (Å²) in [6.45, 7) is 3.13. The molecule has 0 unspecified atom stereocenters. The number of nitrogens with two attached hydrogens (primary N) is 1. The highest BCUT2D eigenvalue weighted by atomic mass is 32.2. The Kier molecular flexibility index (Phi) is 5.19. The Hall–Kier alpha value is -3.08. The Morgan fingerprint density at radius 1 is 1.25 bits per heavy atom. The van der Waals surface area contributed by atoms with Gasteiger partial charge >= 0.3 is 0 Å². The number of hydrogen-bond acceptors (Lipinski definition) is 8. The molecule has 1 aliphatic heterocycles. The summed E-state index contributed by atoms with van der Waals surface area (Å²) in [4.78, 5) is 24.9. The lowest BCUT2D eigenvalue weighted by Crippen LogP contribution is -2.58. The van der Waals surface area contributed by atoms with Crippen LogP contribution in [0, 0.1) is 11.7 Å². The van der Waals surface area contributed by atoms with E-state index >= 15 is 0 Å². The topological polar surface area (TPSA) is 137 Å². The molecule has 2 aromatic rings. The van der Waals surface area contributed by atoms with E-state index in [0.29, 0.717) is 0 Å². The number of nitrogens with zero attached hydrogens (tertiary/aromatic N) is 3. The zero-order valence-corrected chi connectivity index (χ0v) is 18.7. The van der Waals surface area contributed by atoms with Gasteiger partial charge in [-0.2, -0.15) is 0 Å². The Morgan fingerprint density at radius 2 is 1.97 bits per heavy atom. The lowest BCUT2D eigenvalue weighted by Gasteiger charge is -2.40. The standard InChI is InChI=1S/C21H24FN5O4S/c1-20(11-32(29,30)21(2,12-4-5-12)19(23)27-20)14-8-13(6-7-15(14)22)26-18(28)16-9-25-17(31-3)10-24-16/h6-10,12H,4-5,11H2,1-3H3,(H2,23,27)(H,26,28)/t20-,21+/m0/s1. The molecule has 4 rings (SSSR count). The number of aliphatic imine (C=N–C) groups is 1. The van der Waals surface area contributed by atoms with Crippen molar-refractivity contribution in [3.05, 3.63) is 47.7 Å². The molecule has 1 fully saturated rings. The van der Waals surface area contributed by atoms with Gasteiger partial charge in [0.25, 0.3) is 5.91 Å². The number of rotatable bonds is 5. The van der Waals surface area contributed by atoms with Gasteiger partial charge in [-0.05, 0) is 50.8 Å². The minimum absolute atomic E-state index is 0.00361. The minimum Gasteiger partial charge on any atom is -0.480 e. The zero-order chi connectivity index (χ0) is 23.3. The maximum Gasteiger partial charge on any atom is 0.275 e. The fourth-order valence-electron chi connectivity index (χ4n) is 4.07. The molecule has 9 nitrogen and oxygen atoms in total. The van der Waals surface area contributed by atoms with E-state index in [0.717, 1.165) is 18.9 Å². The summed E-state index contributed by atoms with van der Waals surface area (Å²) in [6.07, 6.45) is 4.09. The third-order valence-corrected chi connectivity index (χ3v) is 9.00. The molecule has 2 atom stereocenters. The number of amidine groups is 1. The van der Waals surface area contributed by atoms with Gasteiger partial charge in [0.2, 0.25) is 5.88 Å². The van der Waals surface area contributed by atoms with E-state index < -0.39 is 31.8 Å². The molecule has 2 heterocycles. The lowest BCUT2D eigenvalue weighted by atomic mass is 9.92. The van der Waals surface area contributed by atoms with Crippen LogP contribution in [0.15, 0.2) is 35.6 Å². The number of carbonyl (C=O) groups is 1. The van der Waals surface area contributed by atoms with Crippen LogP contribution in [0.5, 0.6) is 5.88 Å². The summed E-state index contributed by atoms with van der Waals surface area (Å²) in [5.41, 5.74) is 5.05. The Labute approximate surface area is 185 Å². The largest absolute Gasteiger partial charge is 0.480 e. The van der Waals surface area contributed by atoms with E-state index in [-0.39, 0.29) is 40.3 Å². The average Bonchev–Trinajstić information content (AvgIpc) is 3.58. The third-order valence-electron chi connectivity index (χ3n) is 6.22. The number of hydrogen-bond donors (Lipinski definition) is 2. The average molecular weight is 462 g/mol. The Morgan fingerprint density at radius 3 is 2.53 bits per heavy atom. The van der Waals surface area contributed by atoms with E-state index in [4.69, 9.17) is 10.5 Å². The lowest BCUT2D eigenvalue weighted by molar-refractivity contribution is 0.102. The highest BCUT2D eigenvalue weighted by molar-refractivity contribution is 7.93. The van der Waals surface area contributed by atoms with Gasteiger partial charge in [0, 0.05) is 11.3 Å². The zero-order valence-electron chi connectivity index (χ0n) is 17.9. The molecule has 1 aliphatic carbocycles. The van der Waals surface area contributed by atoms with Gasteiger partial charge < -0.3 is 15.8 Å². The number of halogens is 1. The van der Waals surface area contributed by atoms with Crippen LogP contribution in [0.2, 0.25) is 0 Å². The maximum atomic E-state index is 14.8. The molecule has 1 saturated carbocycles. The van der Waals surface area contributed by atoms with Crippen molar-refractivity contribution in [1.82, 2.24) is 9.97 Å². The monoisotopic (exact) mass is 461 g/mol. The SMILES string of the molecule is COc1cnc(C(=O)Nc2ccc(F)c([C@]3(C)CS(=O)(=O)[C@](C)(C4CC4)C(N)=N3)c2)cn1. The summed E-state index contributed by atoms with van der Waals surface area (Å²) in [7, 11) is -2.28. The van der Waals surface area contributed by atoms with Crippen molar-refractivity contribution in [1.29, 1.82) is 0 Å². The molecular weight excluding hydrogens is 437 g/mol. The van der Waals surface area contributed by atoms with Crippen molar-refractivity contribution < 1.29 is 22.3 Å². The first-order chi connectivity index (χ1) is 15.0. The van der Waals surface area contributed by atoms with Crippen molar-refractivity contribution in [3.63, 3.8) is 0 Å². The van der Waals surface area contributed by atoms with Gasteiger partial charge in [0.1, 0.15) is 27.6 Å². The van der Waals surface area contributed by atoms with E-state index in [1.54, 1.807) is 6.92 Å². The summed E-state index contributed by atoms with van der Waals surface area (Å²) in [5.74, 6) is -1.41. The first-order valence-corrected chi connectivity index (χ1v) is 11.7. The number of nitrogens with one attached hydrogen (secondary N) is 1. The maximum absolute atomic E-state index is 14.8. The second-order valence-corrected chi connectivity index (χ2v) is 10.9. The van der Waals surface area contributed by atoms with Gasteiger partial charge in [-0.25, -0.2) is 22.8 Å². The van der Waals surface area contributed by atoms with Gasteiger partial charge in [0.05, 0.1) is 25.3 Å². The molecule has 0 radical (unpaired) electrons. The Bertz CT molecular complexity index is 1210. The van der Waals surface area contributed by atoms with Crippen molar-refractivity contribution in [2.45, 2.75) is 37.0 Å². The van der Waals surface area contributed by atoms with E-state index in [9.17, 15) is 17.6 Å². The van der Waals surface area contributed by atoms with Crippen LogP contribution in [0.3, 0.4) is 0 Å². The fourth-order valence-corrected chi connectivity index (χ4v) is 6.44. The van der Waals surface area contributed by atoms with Crippen LogP contribution in [-0.4, -0.2) is 47.7 Å². The van der Waals surface area contributed by atoms with Crippen LogP contribution in [0.4, 0.5) is 10.1 Å². The molecular formula is C21H24FN5O4S. The smallest absolute Gasteiger partial charge is 0.275 e. The van der Waals surface area contributed by atoms with E-state index in [1.165, 1.54) is 38.6 Å². The van der Waals surface area contributed by atoms with Crippen molar-refractivity contribution in [3.8, 4) is 5.88 Å². The number of amides is 1. The number of ether oxygens (including phenoxy) is 1. The fraction of sp³-hybridized carbons (Fsp3) is 0.429. The molecule has 2 aliphatic rings. The highest BCUT2D eigenvalue weighted by Gasteiger charge is 2.58. The van der Waals surface area contributed by atoms with Crippen molar-refractivity contribution in [2.24, 2.45) is 16.6 Å². The van der Waals surface area contributed by atoms with Crippen LogP contribution < -0.4 is 15.8 Å². The second kappa shape index (κ2) is 7.51. The van der Waals surface area contributed by atoms with E-state index in [2.05, 4.69) is 20.3 Å². The van der Waals surface area contributed by atoms with Gasteiger partial charge in [-0.3, -0.25) is 9.79 Å². The molecule has 3 N–H and O–H groups in total. The third kappa shape index (κ3) is 3.60. The first-order valence-electron chi connectivity index (χ1n) is 10.1. The summed E-state index contributed by atoms with van der Waals surface area (Å²) >= 11 is 0. The molecule has 32 heavy (non-hydrogen) atoms. The quantitative estimate of drug-likeness (QED) is 0.695. The molecule has 1 amide bonds. The first kappa shape index (κ1) is 22.1.